The molecule has 0 bridgehead atoms. The molecule has 1 heterocycles. The maximum atomic E-state index is 4.94. The molecule has 0 aliphatic rings. The van der Waals surface area contributed by atoms with Crippen molar-refractivity contribution in [2.75, 3.05) is 0 Å². The lowest BCUT2D eigenvalue weighted by Gasteiger charge is -2.15. The lowest BCUT2D eigenvalue weighted by Crippen LogP contribution is -2.00. The van der Waals surface area contributed by atoms with Gasteiger partial charge in [0.25, 0.3) is 0 Å². The molecule has 0 N–H and O–H groups in total. The maximum Gasteiger partial charge on any atom is 0.164 e. The molecule has 0 saturated heterocycles. The zero-order chi connectivity index (χ0) is 29.0. The number of aromatic nitrogens is 3. The summed E-state index contributed by atoms with van der Waals surface area (Å²) in [5, 5.41) is 0. The van der Waals surface area contributed by atoms with Crippen LogP contribution in [0.2, 0.25) is 0 Å². The smallest absolute Gasteiger partial charge is 0.164 e. The first-order valence-corrected chi connectivity index (χ1v) is 14.5. The van der Waals surface area contributed by atoms with Gasteiger partial charge in [0.05, 0.1) is 0 Å². The molecule has 3 heteroatoms. The molecule has 0 atom stereocenters. The average molecular weight is 552 g/mol. The van der Waals surface area contributed by atoms with Crippen LogP contribution in [-0.4, -0.2) is 15.0 Å². The Kier molecular flexibility index (Phi) is 7.12. The van der Waals surface area contributed by atoms with Crippen molar-refractivity contribution in [3.63, 3.8) is 0 Å². The monoisotopic (exact) mass is 551 g/mol. The van der Waals surface area contributed by atoms with Gasteiger partial charge < -0.3 is 0 Å². The van der Waals surface area contributed by atoms with Gasteiger partial charge in [-0.3, -0.25) is 0 Å². The van der Waals surface area contributed by atoms with E-state index in [1.807, 2.05) is 60.7 Å². The molecular weight excluding hydrogens is 522 g/mol. The molecule has 3 nitrogen and oxygen atoms in total. The van der Waals surface area contributed by atoms with Crippen LogP contribution >= 0.6 is 0 Å². The van der Waals surface area contributed by atoms with Gasteiger partial charge in [0.1, 0.15) is 0 Å². The highest BCUT2D eigenvalue weighted by Gasteiger charge is 2.15. The van der Waals surface area contributed by atoms with Crippen LogP contribution in [0.25, 0.3) is 67.5 Å². The second-order valence-electron chi connectivity index (χ2n) is 10.6. The quantitative estimate of drug-likeness (QED) is 0.206. The van der Waals surface area contributed by atoms with E-state index in [2.05, 4.69) is 104 Å². The van der Waals surface area contributed by atoms with Crippen molar-refractivity contribution in [3.05, 3.63) is 163 Å². The lowest BCUT2D eigenvalue weighted by atomic mass is 9.89. The van der Waals surface area contributed by atoms with Crippen molar-refractivity contribution in [2.45, 2.75) is 6.92 Å². The largest absolute Gasteiger partial charge is 0.208 e. The minimum Gasteiger partial charge on any atom is -0.208 e. The first-order valence-electron chi connectivity index (χ1n) is 14.5. The Labute approximate surface area is 252 Å². The molecule has 0 saturated carbocycles. The van der Waals surface area contributed by atoms with Crippen LogP contribution in [0.15, 0.2) is 158 Å². The maximum absolute atomic E-state index is 4.94. The van der Waals surface area contributed by atoms with E-state index in [9.17, 15) is 0 Å². The third-order valence-electron chi connectivity index (χ3n) is 7.69. The van der Waals surface area contributed by atoms with Gasteiger partial charge in [-0.2, -0.15) is 0 Å². The van der Waals surface area contributed by atoms with Crippen LogP contribution in [0.3, 0.4) is 0 Å². The van der Waals surface area contributed by atoms with Crippen LogP contribution in [0.4, 0.5) is 0 Å². The van der Waals surface area contributed by atoms with E-state index in [4.69, 9.17) is 15.0 Å². The summed E-state index contributed by atoms with van der Waals surface area (Å²) in [6.07, 6.45) is 0. The van der Waals surface area contributed by atoms with Gasteiger partial charge >= 0.3 is 0 Å². The number of nitrogens with zero attached hydrogens (tertiary/aromatic N) is 3. The summed E-state index contributed by atoms with van der Waals surface area (Å²) in [4.78, 5) is 14.7. The van der Waals surface area contributed by atoms with Crippen molar-refractivity contribution in [1.29, 1.82) is 0 Å². The summed E-state index contributed by atoms with van der Waals surface area (Å²) in [5.74, 6) is 1.96. The van der Waals surface area contributed by atoms with Crippen LogP contribution in [0.5, 0.6) is 0 Å². The van der Waals surface area contributed by atoms with Crippen molar-refractivity contribution < 1.29 is 0 Å². The SMILES string of the molecule is Cc1ccccc1-c1ccc(-c2cccc(-c3nc(-c4ccccc4)nc(-c4ccccc4)n3)c2)cc1-c1ccccc1. The molecule has 1 aromatic heterocycles. The Morgan fingerprint density at radius 2 is 0.767 bits per heavy atom. The molecule has 0 aliphatic carbocycles. The second-order valence-corrected chi connectivity index (χ2v) is 10.6. The minimum absolute atomic E-state index is 0.648. The first kappa shape index (κ1) is 26.2. The molecule has 204 valence electrons. The molecule has 0 unspecified atom stereocenters. The van der Waals surface area contributed by atoms with E-state index in [0.717, 1.165) is 27.8 Å². The molecule has 6 aromatic carbocycles. The van der Waals surface area contributed by atoms with E-state index in [1.54, 1.807) is 0 Å². The summed E-state index contributed by atoms with van der Waals surface area (Å²) >= 11 is 0. The van der Waals surface area contributed by atoms with Gasteiger partial charge in [-0.15, -0.1) is 0 Å². The van der Waals surface area contributed by atoms with Crippen LogP contribution in [0, 0.1) is 6.92 Å². The fraction of sp³-hybridized carbons (Fsp3) is 0.0250. The second kappa shape index (κ2) is 11.7. The molecule has 7 aromatic rings. The standard InChI is InChI=1S/C40H29N3/c1-28-14-11-12-23-35(28)36-25-24-33(27-37(36)29-15-5-2-6-16-29)32-21-13-22-34(26-32)40-42-38(30-17-7-3-8-18-30)41-39(43-40)31-19-9-4-10-20-31/h2-27H,1H3. The predicted octanol–water partition coefficient (Wildman–Crippen LogP) is 10.2. The fourth-order valence-corrected chi connectivity index (χ4v) is 5.47. The number of benzene rings is 6. The van der Waals surface area contributed by atoms with Crippen molar-refractivity contribution in [1.82, 2.24) is 15.0 Å². The number of hydrogen-bond acceptors (Lipinski definition) is 3. The Bertz CT molecular complexity index is 1960. The van der Waals surface area contributed by atoms with E-state index in [-0.39, 0.29) is 0 Å². The topological polar surface area (TPSA) is 38.7 Å². The summed E-state index contributed by atoms with van der Waals surface area (Å²) in [7, 11) is 0. The highest BCUT2D eigenvalue weighted by molar-refractivity contribution is 5.88. The molecule has 7 rings (SSSR count). The van der Waals surface area contributed by atoms with Crippen LogP contribution in [0.1, 0.15) is 5.56 Å². The molecular formula is C40H29N3. The van der Waals surface area contributed by atoms with E-state index < -0.39 is 0 Å². The molecule has 0 fully saturated rings. The van der Waals surface area contributed by atoms with Gasteiger partial charge in [0, 0.05) is 16.7 Å². The van der Waals surface area contributed by atoms with Crippen molar-refractivity contribution >= 4 is 0 Å². The zero-order valence-electron chi connectivity index (χ0n) is 23.9. The highest BCUT2D eigenvalue weighted by Crippen LogP contribution is 2.37. The summed E-state index contributed by atoms with van der Waals surface area (Å²) in [6.45, 7) is 2.17. The molecule has 0 spiro atoms. The Morgan fingerprint density at radius 3 is 1.37 bits per heavy atom. The zero-order valence-corrected chi connectivity index (χ0v) is 23.9. The van der Waals surface area contributed by atoms with E-state index >= 15 is 0 Å². The first-order chi connectivity index (χ1) is 21.2. The fourth-order valence-electron chi connectivity index (χ4n) is 5.47. The van der Waals surface area contributed by atoms with Gasteiger partial charge in [-0.1, -0.05) is 146 Å². The molecule has 0 amide bonds. The van der Waals surface area contributed by atoms with Crippen LogP contribution in [-0.2, 0) is 0 Å². The van der Waals surface area contributed by atoms with Gasteiger partial charge in [0.15, 0.2) is 17.5 Å². The van der Waals surface area contributed by atoms with Gasteiger partial charge in [-0.05, 0) is 58.0 Å². The molecule has 0 radical (unpaired) electrons. The van der Waals surface area contributed by atoms with Crippen molar-refractivity contribution in [2.24, 2.45) is 0 Å². The summed E-state index contributed by atoms with van der Waals surface area (Å²) in [6, 6.07) is 54.6. The average Bonchev–Trinajstić information content (AvgIpc) is 3.09. The number of rotatable bonds is 6. The molecule has 0 aliphatic heterocycles. The Hall–Kier alpha value is -5.67. The normalized spacial score (nSPS) is 10.9. The number of hydrogen-bond donors (Lipinski definition) is 0. The lowest BCUT2D eigenvalue weighted by molar-refractivity contribution is 1.07. The number of aryl methyl sites for hydroxylation is 1. The highest BCUT2D eigenvalue weighted by atomic mass is 15.0. The summed E-state index contributed by atoms with van der Waals surface area (Å²) < 4.78 is 0. The Morgan fingerprint density at radius 1 is 0.302 bits per heavy atom. The molecule has 43 heavy (non-hydrogen) atoms. The third-order valence-corrected chi connectivity index (χ3v) is 7.69. The predicted molar refractivity (Wildman–Crippen MR) is 177 cm³/mol. The minimum atomic E-state index is 0.648. The van der Waals surface area contributed by atoms with Crippen LogP contribution < -0.4 is 0 Å². The van der Waals surface area contributed by atoms with E-state index in [0.29, 0.717) is 17.5 Å². The summed E-state index contributed by atoms with van der Waals surface area (Å²) in [5.41, 5.74) is 11.2. The third kappa shape index (κ3) is 5.49. The Balaban J connectivity index is 1.35. The van der Waals surface area contributed by atoms with Gasteiger partial charge in [-0.25, -0.2) is 15.0 Å². The van der Waals surface area contributed by atoms with E-state index in [1.165, 1.54) is 27.8 Å². The van der Waals surface area contributed by atoms with Crippen molar-refractivity contribution in [3.8, 4) is 67.5 Å². The van der Waals surface area contributed by atoms with Gasteiger partial charge in [0.2, 0.25) is 0 Å².